The van der Waals surface area contributed by atoms with Gasteiger partial charge < -0.3 is 0 Å². The smallest absolute Gasteiger partial charge is 0.0299 e. The Kier molecular flexibility index (Phi) is 5.35. The van der Waals surface area contributed by atoms with Gasteiger partial charge in [-0.1, -0.05) is 25.5 Å². The molecule has 0 fully saturated rings. The fraction of sp³-hybridized carbons (Fsp3) is 0.545. The molecule has 0 saturated carbocycles. The van der Waals surface area contributed by atoms with Gasteiger partial charge in [-0.15, -0.1) is 0 Å². The molecule has 1 heteroatoms. The van der Waals surface area contributed by atoms with E-state index in [0.29, 0.717) is 5.92 Å². The van der Waals surface area contributed by atoms with Crippen LogP contribution in [0, 0.1) is 5.92 Å². The Morgan fingerprint density at radius 2 is 1.83 bits per heavy atom. The zero-order chi connectivity index (χ0) is 9.56. The molecule has 12 heavy (non-hydrogen) atoms. The van der Waals surface area contributed by atoms with Crippen LogP contribution >= 0.6 is 0 Å². The summed E-state index contributed by atoms with van der Waals surface area (Å²) in [6.07, 6.45) is 5.91. The maximum Gasteiger partial charge on any atom is 0.0299 e. The molecule has 0 N–H and O–H groups in total. The largest absolute Gasteiger partial charge is 0.265 e. The van der Waals surface area contributed by atoms with E-state index in [9.17, 15) is 0 Å². The number of nitrogens with zero attached hydrogens (tertiary/aromatic N) is 1. The topological polar surface area (TPSA) is 12.4 Å². The predicted octanol–water partition coefficient (Wildman–Crippen LogP) is 3.58. The minimum Gasteiger partial charge on any atom is -0.265 e. The monoisotopic (exact) mass is 165 g/mol. The van der Waals surface area contributed by atoms with Crippen LogP contribution < -0.4 is 0 Å². The number of aliphatic imine (C=N–C) groups is 1. The van der Waals surface area contributed by atoms with Crippen LogP contribution in [0.25, 0.3) is 0 Å². The van der Waals surface area contributed by atoms with Crippen molar-refractivity contribution >= 4 is 6.21 Å². The second kappa shape index (κ2) is 5.76. The molecule has 0 aliphatic heterocycles. The molecule has 68 valence electrons. The van der Waals surface area contributed by atoms with E-state index in [0.717, 1.165) is 0 Å². The van der Waals surface area contributed by atoms with Crippen LogP contribution in [-0.2, 0) is 0 Å². The van der Waals surface area contributed by atoms with Gasteiger partial charge in [0.05, 0.1) is 0 Å². The average Bonchev–Trinajstić information content (AvgIpc) is 1.96. The lowest BCUT2D eigenvalue weighted by Gasteiger charge is -2.02. The first-order valence-electron chi connectivity index (χ1n) is 4.40. The first-order valence-corrected chi connectivity index (χ1v) is 4.40. The van der Waals surface area contributed by atoms with E-state index in [1.54, 1.807) is 0 Å². The van der Waals surface area contributed by atoms with Crippen molar-refractivity contribution in [2.75, 3.05) is 0 Å². The minimum atomic E-state index is 0.560. The summed E-state index contributed by atoms with van der Waals surface area (Å²) in [4.78, 5) is 4.21. The van der Waals surface area contributed by atoms with Crippen LogP contribution in [0.15, 0.2) is 28.4 Å². The standard InChI is InChI=1S/C11H19N/c1-6-11(10(4)5)8-12-7-9(2)3/h6-8,10H,1-5H3/b11-6+,12-8?. The molecule has 0 bridgehead atoms. The number of hydrogen-bond donors (Lipinski definition) is 0. The molecule has 0 aromatic carbocycles. The van der Waals surface area contributed by atoms with Crippen molar-refractivity contribution in [3.05, 3.63) is 23.4 Å². The Morgan fingerprint density at radius 1 is 1.25 bits per heavy atom. The Morgan fingerprint density at radius 3 is 2.17 bits per heavy atom. The molecular formula is C11H19N. The van der Waals surface area contributed by atoms with Crippen LogP contribution in [0.4, 0.5) is 0 Å². The third-order valence-corrected chi connectivity index (χ3v) is 1.56. The highest BCUT2D eigenvalue weighted by atomic mass is 14.7. The molecule has 0 aromatic heterocycles. The van der Waals surface area contributed by atoms with Crippen LogP contribution in [-0.4, -0.2) is 6.21 Å². The second-order valence-corrected chi connectivity index (χ2v) is 3.43. The van der Waals surface area contributed by atoms with Gasteiger partial charge >= 0.3 is 0 Å². The van der Waals surface area contributed by atoms with Crippen molar-refractivity contribution in [1.29, 1.82) is 0 Å². The zero-order valence-electron chi connectivity index (χ0n) is 8.76. The molecule has 0 heterocycles. The lowest BCUT2D eigenvalue weighted by molar-refractivity contribution is 0.805. The fourth-order valence-corrected chi connectivity index (χ4v) is 0.829. The van der Waals surface area contributed by atoms with Gasteiger partial charge in [0, 0.05) is 12.4 Å². The molecule has 0 aromatic rings. The van der Waals surface area contributed by atoms with Gasteiger partial charge in [-0.25, -0.2) is 0 Å². The van der Waals surface area contributed by atoms with Crippen LogP contribution in [0.5, 0.6) is 0 Å². The van der Waals surface area contributed by atoms with Crippen LogP contribution in [0.3, 0.4) is 0 Å². The Balaban J connectivity index is 4.23. The highest BCUT2D eigenvalue weighted by molar-refractivity contribution is 5.79. The summed E-state index contributed by atoms with van der Waals surface area (Å²) in [5.74, 6) is 0.560. The zero-order valence-corrected chi connectivity index (χ0v) is 8.76. The van der Waals surface area contributed by atoms with Crippen molar-refractivity contribution < 1.29 is 0 Å². The maximum atomic E-state index is 4.21. The summed E-state index contributed by atoms with van der Waals surface area (Å²) in [5.41, 5.74) is 2.51. The Labute approximate surface area is 75.9 Å². The molecule has 0 spiro atoms. The molecule has 0 radical (unpaired) electrons. The third kappa shape index (κ3) is 4.89. The van der Waals surface area contributed by atoms with Crippen molar-refractivity contribution in [3.63, 3.8) is 0 Å². The molecule has 0 saturated heterocycles. The quantitative estimate of drug-likeness (QED) is 0.567. The maximum absolute atomic E-state index is 4.21. The van der Waals surface area contributed by atoms with Crippen molar-refractivity contribution in [2.24, 2.45) is 10.9 Å². The summed E-state index contributed by atoms with van der Waals surface area (Å²) in [7, 11) is 0. The van der Waals surface area contributed by atoms with E-state index in [2.05, 4.69) is 24.9 Å². The average molecular weight is 165 g/mol. The molecule has 0 unspecified atom stereocenters. The van der Waals surface area contributed by atoms with Gasteiger partial charge in [0.1, 0.15) is 0 Å². The van der Waals surface area contributed by atoms with Gasteiger partial charge in [-0.3, -0.25) is 4.99 Å². The lowest BCUT2D eigenvalue weighted by Crippen LogP contribution is -1.93. The summed E-state index contributed by atoms with van der Waals surface area (Å²) in [6.45, 7) is 10.5. The predicted molar refractivity (Wildman–Crippen MR) is 56.5 cm³/mol. The van der Waals surface area contributed by atoms with E-state index in [-0.39, 0.29) is 0 Å². The number of allylic oxidation sites excluding steroid dienone is 3. The highest BCUT2D eigenvalue weighted by Gasteiger charge is 1.95. The Hall–Kier alpha value is -0.850. The Bertz CT molecular complexity index is 203. The van der Waals surface area contributed by atoms with E-state index in [1.807, 2.05) is 33.2 Å². The van der Waals surface area contributed by atoms with Gasteiger partial charge in [0.25, 0.3) is 0 Å². The second-order valence-electron chi connectivity index (χ2n) is 3.43. The lowest BCUT2D eigenvalue weighted by atomic mass is 10.1. The summed E-state index contributed by atoms with van der Waals surface area (Å²) in [5, 5.41) is 0. The van der Waals surface area contributed by atoms with Crippen molar-refractivity contribution in [1.82, 2.24) is 0 Å². The SMILES string of the molecule is C/C=C(\C=NC=C(C)C)C(C)C. The molecule has 0 amide bonds. The number of rotatable bonds is 3. The molecular weight excluding hydrogens is 146 g/mol. The van der Waals surface area contributed by atoms with Gasteiger partial charge in [0.2, 0.25) is 0 Å². The summed E-state index contributed by atoms with van der Waals surface area (Å²) < 4.78 is 0. The van der Waals surface area contributed by atoms with Gasteiger partial charge in [-0.2, -0.15) is 0 Å². The van der Waals surface area contributed by atoms with E-state index in [1.165, 1.54) is 11.1 Å². The van der Waals surface area contributed by atoms with Gasteiger partial charge in [-0.05, 0) is 32.3 Å². The number of hydrogen-bond acceptors (Lipinski definition) is 1. The third-order valence-electron chi connectivity index (χ3n) is 1.56. The normalized spacial score (nSPS) is 12.7. The van der Waals surface area contributed by atoms with Gasteiger partial charge in [0.15, 0.2) is 0 Å². The van der Waals surface area contributed by atoms with Crippen LogP contribution in [0.2, 0.25) is 0 Å². The van der Waals surface area contributed by atoms with E-state index in [4.69, 9.17) is 0 Å². The first-order chi connectivity index (χ1) is 5.57. The molecule has 0 aliphatic carbocycles. The van der Waals surface area contributed by atoms with Crippen molar-refractivity contribution in [3.8, 4) is 0 Å². The minimum absolute atomic E-state index is 0.560. The highest BCUT2D eigenvalue weighted by Crippen LogP contribution is 2.06. The van der Waals surface area contributed by atoms with E-state index < -0.39 is 0 Å². The molecule has 0 aliphatic rings. The van der Waals surface area contributed by atoms with E-state index >= 15 is 0 Å². The summed E-state index contributed by atoms with van der Waals surface area (Å²) in [6, 6.07) is 0. The van der Waals surface area contributed by atoms with Crippen molar-refractivity contribution in [2.45, 2.75) is 34.6 Å². The first kappa shape index (κ1) is 11.2. The van der Waals surface area contributed by atoms with Crippen LogP contribution in [0.1, 0.15) is 34.6 Å². The fourth-order valence-electron chi connectivity index (χ4n) is 0.829. The summed E-state index contributed by atoms with van der Waals surface area (Å²) >= 11 is 0. The molecule has 0 rings (SSSR count). The molecule has 0 atom stereocenters. The molecule has 1 nitrogen and oxygen atoms in total.